The Morgan fingerprint density at radius 2 is 1.74 bits per heavy atom. The van der Waals surface area contributed by atoms with E-state index in [1.165, 1.54) is 41.3 Å². The van der Waals surface area contributed by atoms with Crippen molar-refractivity contribution in [2.45, 2.75) is 66.2 Å². The summed E-state index contributed by atoms with van der Waals surface area (Å²) in [5, 5.41) is 11.5. The van der Waals surface area contributed by atoms with Gasteiger partial charge in [-0.1, -0.05) is 76.6 Å². The predicted octanol–water partition coefficient (Wildman–Crippen LogP) is 8.71. The second-order valence-electron chi connectivity index (χ2n) is 9.47. The number of H-pyrrole nitrogens is 1. The van der Waals surface area contributed by atoms with Crippen molar-refractivity contribution < 1.29 is 9.53 Å². The Balaban J connectivity index is 0.000000224. The number of hydrogen-bond acceptors (Lipinski definition) is 3. The van der Waals surface area contributed by atoms with Crippen LogP contribution in [0.3, 0.4) is 0 Å². The molecule has 0 aliphatic heterocycles. The summed E-state index contributed by atoms with van der Waals surface area (Å²) in [7, 11) is 1.62. The van der Waals surface area contributed by atoms with Gasteiger partial charge in [0, 0.05) is 17.0 Å². The first-order chi connectivity index (χ1) is 19.1. The Morgan fingerprint density at radius 3 is 2.41 bits per heavy atom. The van der Waals surface area contributed by atoms with Crippen LogP contribution in [0.4, 0.5) is 5.69 Å². The summed E-state index contributed by atoms with van der Waals surface area (Å²) < 4.78 is 5.02. The molecule has 5 rings (SSSR count). The molecule has 1 amide bonds. The number of amides is 1. The zero-order valence-electron chi connectivity index (χ0n) is 24.1. The van der Waals surface area contributed by atoms with Crippen LogP contribution in [0.25, 0.3) is 23.1 Å². The highest BCUT2D eigenvalue weighted by Gasteiger charge is 2.29. The van der Waals surface area contributed by atoms with E-state index in [1.54, 1.807) is 7.11 Å². The number of benzene rings is 3. The van der Waals surface area contributed by atoms with Crippen LogP contribution in [0.15, 0.2) is 66.7 Å². The molecule has 1 fully saturated rings. The van der Waals surface area contributed by atoms with Gasteiger partial charge in [0.2, 0.25) is 5.91 Å². The van der Waals surface area contributed by atoms with E-state index in [4.69, 9.17) is 4.74 Å². The zero-order chi connectivity index (χ0) is 28.0. The molecule has 0 bridgehead atoms. The number of unbranched alkanes of at least 4 members (excludes halogenated alkanes) is 1. The molecule has 4 aromatic rings. The van der Waals surface area contributed by atoms with Crippen molar-refractivity contribution in [1.29, 1.82) is 0 Å². The predicted molar refractivity (Wildman–Crippen MR) is 165 cm³/mol. The summed E-state index contributed by atoms with van der Waals surface area (Å²) in [6.07, 6.45) is 11.1. The van der Waals surface area contributed by atoms with E-state index in [-0.39, 0.29) is 11.8 Å². The molecule has 1 aromatic heterocycles. The number of carbonyl (C=O) groups is 1. The molecule has 0 atom stereocenters. The van der Waals surface area contributed by atoms with Gasteiger partial charge in [-0.05, 0) is 85.2 Å². The SMILES string of the molecule is CC.CCCCc1cc(/C=C/c2n[nH]c3ccccc23)ccc1CC.COc1ccc(NC(=O)C2CC2)cc1. The Kier molecular flexibility index (Phi) is 11.8. The number of hydrogen-bond donors (Lipinski definition) is 2. The number of aromatic amines is 1. The van der Waals surface area contributed by atoms with Crippen molar-refractivity contribution in [3.8, 4) is 5.75 Å². The Morgan fingerprint density at radius 1 is 1.00 bits per heavy atom. The number of rotatable bonds is 9. The Bertz CT molecular complexity index is 1330. The van der Waals surface area contributed by atoms with Crippen LogP contribution in [0.1, 0.15) is 75.8 Å². The van der Waals surface area contributed by atoms with Gasteiger partial charge in [-0.25, -0.2) is 0 Å². The van der Waals surface area contributed by atoms with Crippen LogP contribution < -0.4 is 10.1 Å². The molecule has 1 aliphatic rings. The summed E-state index contributed by atoms with van der Waals surface area (Å²) >= 11 is 0. The van der Waals surface area contributed by atoms with Crippen LogP contribution in [0.2, 0.25) is 0 Å². The highest BCUT2D eigenvalue weighted by atomic mass is 16.5. The van der Waals surface area contributed by atoms with Gasteiger partial charge in [-0.15, -0.1) is 0 Å². The van der Waals surface area contributed by atoms with Gasteiger partial charge in [-0.2, -0.15) is 5.10 Å². The Hall–Kier alpha value is -3.86. The van der Waals surface area contributed by atoms with Crippen LogP contribution in [0.5, 0.6) is 5.75 Å². The molecule has 2 N–H and O–H groups in total. The van der Waals surface area contributed by atoms with Crippen LogP contribution in [-0.2, 0) is 17.6 Å². The van der Waals surface area contributed by atoms with Gasteiger partial charge in [0.1, 0.15) is 5.75 Å². The maximum Gasteiger partial charge on any atom is 0.227 e. The first-order valence-electron chi connectivity index (χ1n) is 14.3. The van der Waals surface area contributed by atoms with Gasteiger partial charge in [0.05, 0.1) is 18.3 Å². The van der Waals surface area contributed by atoms with E-state index in [0.29, 0.717) is 0 Å². The number of aromatic nitrogens is 2. The number of methoxy groups -OCH3 is 1. The molecule has 5 nitrogen and oxygen atoms in total. The molecule has 206 valence electrons. The minimum atomic E-state index is 0.134. The fourth-order valence-electron chi connectivity index (χ4n) is 4.25. The van der Waals surface area contributed by atoms with Gasteiger partial charge < -0.3 is 10.1 Å². The van der Waals surface area contributed by atoms with Crippen molar-refractivity contribution in [3.05, 3.63) is 89.1 Å². The average molecular weight is 526 g/mol. The lowest BCUT2D eigenvalue weighted by molar-refractivity contribution is -0.117. The van der Waals surface area contributed by atoms with E-state index >= 15 is 0 Å². The summed E-state index contributed by atoms with van der Waals surface area (Å²) in [5.41, 5.74) is 7.12. The van der Waals surface area contributed by atoms with Crippen molar-refractivity contribution in [2.24, 2.45) is 5.92 Å². The third-order valence-corrected chi connectivity index (χ3v) is 6.65. The smallest absolute Gasteiger partial charge is 0.227 e. The van der Waals surface area contributed by atoms with Crippen LogP contribution in [0, 0.1) is 5.92 Å². The summed E-state index contributed by atoms with van der Waals surface area (Å²) in [5.74, 6) is 1.18. The summed E-state index contributed by atoms with van der Waals surface area (Å²) in [6, 6.07) is 22.4. The minimum absolute atomic E-state index is 0.134. The van der Waals surface area contributed by atoms with E-state index < -0.39 is 0 Å². The standard InChI is InChI=1S/C21H24N2.C11H13NO2.C2H6/c1-3-5-8-18-15-16(11-13-17(18)4-2)12-14-21-19-9-6-7-10-20(19)22-23-21;1-14-10-6-4-9(5-7-10)12-11(13)8-2-3-8;1-2/h6-7,9-15H,3-5,8H2,1-2H3,(H,22,23);4-8H,2-3H2,1H3,(H,12,13);1-2H3/b14-12+;;. The lowest BCUT2D eigenvalue weighted by Gasteiger charge is -2.08. The summed E-state index contributed by atoms with van der Waals surface area (Å²) in [4.78, 5) is 11.4. The number of fused-ring (bicyclic) bond motifs is 1. The molecule has 0 unspecified atom stereocenters. The lowest BCUT2D eigenvalue weighted by Crippen LogP contribution is -2.12. The number of carbonyl (C=O) groups excluding carboxylic acids is 1. The average Bonchev–Trinajstić information content (AvgIpc) is 3.77. The van der Waals surface area contributed by atoms with Crippen molar-refractivity contribution >= 4 is 34.6 Å². The number of nitrogens with zero attached hydrogens (tertiary/aromatic N) is 1. The second kappa shape index (κ2) is 15.5. The molecule has 1 saturated carbocycles. The Labute approximate surface area is 233 Å². The van der Waals surface area contributed by atoms with E-state index in [1.807, 2.05) is 50.2 Å². The first kappa shape index (κ1) is 29.7. The third kappa shape index (κ3) is 8.85. The van der Waals surface area contributed by atoms with Gasteiger partial charge in [0.25, 0.3) is 0 Å². The number of ether oxygens (including phenoxy) is 1. The number of aryl methyl sites for hydroxylation is 2. The lowest BCUT2D eigenvalue weighted by atomic mass is 9.97. The molecule has 3 aromatic carbocycles. The summed E-state index contributed by atoms with van der Waals surface area (Å²) in [6.45, 7) is 8.48. The minimum Gasteiger partial charge on any atom is -0.497 e. The zero-order valence-corrected chi connectivity index (χ0v) is 24.1. The highest BCUT2D eigenvalue weighted by molar-refractivity contribution is 5.94. The maximum atomic E-state index is 11.4. The monoisotopic (exact) mass is 525 g/mol. The normalized spacial score (nSPS) is 12.3. The first-order valence-corrected chi connectivity index (χ1v) is 14.3. The molecule has 39 heavy (non-hydrogen) atoms. The molecule has 5 heteroatoms. The van der Waals surface area contributed by atoms with Crippen molar-refractivity contribution in [3.63, 3.8) is 0 Å². The number of para-hydroxylation sites is 1. The van der Waals surface area contributed by atoms with Crippen LogP contribution in [-0.4, -0.2) is 23.2 Å². The second-order valence-corrected chi connectivity index (χ2v) is 9.47. The van der Waals surface area contributed by atoms with Crippen molar-refractivity contribution in [1.82, 2.24) is 10.2 Å². The quantitative estimate of drug-likeness (QED) is 0.230. The number of anilines is 1. The molecule has 0 saturated heterocycles. The highest BCUT2D eigenvalue weighted by Crippen LogP contribution is 2.30. The molecule has 0 radical (unpaired) electrons. The molecular weight excluding hydrogens is 482 g/mol. The fraction of sp³-hybridized carbons (Fsp3) is 0.353. The maximum absolute atomic E-state index is 11.4. The number of nitrogens with one attached hydrogen (secondary N) is 2. The van der Waals surface area contributed by atoms with Gasteiger partial charge >= 0.3 is 0 Å². The molecule has 1 heterocycles. The topological polar surface area (TPSA) is 67.0 Å². The van der Waals surface area contributed by atoms with Crippen molar-refractivity contribution in [2.75, 3.05) is 12.4 Å². The fourth-order valence-corrected chi connectivity index (χ4v) is 4.25. The molecule has 0 spiro atoms. The van der Waals surface area contributed by atoms with Crippen LogP contribution >= 0.6 is 0 Å². The molecular formula is C34H43N3O2. The van der Waals surface area contributed by atoms with E-state index in [0.717, 1.165) is 41.9 Å². The third-order valence-electron chi connectivity index (χ3n) is 6.65. The van der Waals surface area contributed by atoms with Gasteiger partial charge in [-0.3, -0.25) is 9.89 Å². The van der Waals surface area contributed by atoms with Gasteiger partial charge in [0.15, 0.2) is 0 Å². The van der Waals surface area contributed by atoms with E-state index in [2.05, 4.69) is 71.8 Å². The largest absolute Gasteiger partial charge is 0.497 e. The molecule has 1 aliphatic carbocycles. The van der Waals surface area contributed by atoms with E-state index in [9.17, 15) is 4.79 Å².